The van der Waals surface area contributed by atoms with Crippen LogP contribution in [0.15, 0.2) is 170 Å². The second kappa shape index (κ2) is 12.0. The monoisotopic (exact) mass is 630 g/mol. The largest absolute Gasteiger partial charge is 0.228 e. The van der Waals surface area contributed by atoms with Crippen molar-refractivity contribution in [2.75, 3.05) is 0 Å². The van der Waals surface area contributed by atoms with E-state index in [2.05, 4.69) is 146 Å². The van der Waals surface area contributed by atoms with Crippen molar-refractivity contribution in [1.29, 1.82) is 0 Å². The lowest BCUT2D eigenvalue weighted by Crippen LogP contribution is -1.96. The first kappa shape index (κ1) is 28.3. The van der Waals surface area contributed by atoms with Crippen LogP contribution in [0.2, 0.25) is 0 Å². The van der Waals surface area contributed by atoms with Gasteiger partial charge in [-0.1, -0.05) is 158 Å². The fourth-order valence-corrected chi connectivity index (χ4v) is 8.02. The fraction of sp³-hybridized carbons (Fsp3) is 0.0222. The highest BCUT2D eigenvalue weighted by molar-refractivity contribution is 7.22. The summed E-state index contributed by atoms with van der Waals surface area (Å²) < 4.78 is 1.32. The molecule has 0 radical (unpaired) electrons. The van der Waals surface area contributed by atoms with Gasteiger partial charge in [0, 0.05) is 37.2 Å². The molecule has 1 aliphatic rings. The van der Waals surface area contributed by atoms with E-state index in [1.54, 1.807) is 0 Å². The van der Waals surface area contributed by atoms with E-state index in [4.69, 9.17) is 9.97 Å². The molecule has 9 rings (SSSR count). The first-order valence-electron chi connectivity index (χ1n) is 16.3. The number of fused-ring (bicyclic) bond motifs is 5. The van der Waals surface area contributed by atoms with Crippen LogP contribution in [0.4, 0.5) is 0 Å². The van der Waals surface area contributed by atoms with Crippen LogP contribution in [-0.2, 0) is 6.42 Å². The van der Waals surface area contributed by atoms with E-state index >= 15 is 0 Å². The molecule has 2 heterocycles. The topological polar surface area (TPSA) is 25.8 Å². The third-order valence-corrected chi connectivity index (χ3v) is 10.4. The predicted molar refractivity (Wildman–Crippen MR) is 202 cm³/mol. The minimum atomic E-state index is 0.720. The molecule has 0 fully saturated rings. The number of allylic oxidation sites excluding steroid dienone is 1. The Morgan fingerprint density at radius 1 is 0.458 bits per heavy atom. The van der Waals surface area contributed by atoms with Crippen molar-refractivity contribution >= 4 is 27.0 Å². The molecule has 0 saturated carbocycles. The summed E-state index contributed by atoms with van der Waals surface area (Å²) in [6.07, 6.45) is 3.32. The number of hydrogen-bond acceptors (Lipinski definition) is 3. The maximum absolute atomic E-state index is 5.09. The highest BCUT2D eigenvalue weighted by Crippen LogP contribution is 2.47. The van der Waals surface area contributed by atoms with Gasteiger partial charge >= 0.3 is 0 Å². The molecule has 0 saturated heterocycles. The summed E-state index contributed by atoms with van der Waals surface area (Å²) in [4.78, 5) is 11.5. The normalized spacial score (nSPS) is 12.2. The average Bonchev–Trinajstić information content (AvgIpc) is 3.47. The van der Waals surface area contributed by atoms with Gasteiger partial charge in [0.2, 0.25) is 0 Å². The molecule has 3 heteroatoms. The Balaban J connectivity index is 1.12. The van der Waals surface area contributed by atoms with E-state index in [1.165, 1.54) is 53.9 Å². The van der Waals surface area contributed by atoms with Crippen LogP contribution in [-0.4, -0.2) is 9.97 Å². The van der Waals surface area contributed by atoms with Gasteiger partial charge in [0.05, 0.1) is 11.4 Å². The molecule has 226 valence electrons. The molecule has 48 heavy (non-hydrogen) atoms. The van der Waals surface area contributed by atoms with E-state index in [0.717, 1.165) is 40.3 Å². The first-order valence-corrected chi connectivity index (χ1v) is 17.1. The van der Waals surface area contributed by atoms with Gasteiger partial charge in [0.1, 0.15) is 0 Å². The van der Waals surface area contributed by atoms with Gasteiger partial charge in [-0.25, -0.2) is 9.97 Å². The Bertz CT molecular complexity index is 2440. The fourth-order valence-electron chi connectivity index (χ4n) is 6.74. The van der Waals surface area contributed by atoms with Gasteiger partial charge in [-0.05, 0) is 51.9 Å². The minimum Gasteiger partial charge on any atom is -0.228 e. The van der Waals surface area contributed by atoms with Gasteiger partial charge in [0.15, 0.2) is 5.82 Å². The van der Waals surface area contributed by atoms with E-state index in [9.17, 15) is 0 Å². The number of rotatable bonds is 5. The Morgan fingerprint density at radius 3 is 1.71 bits per heavy atom. The Hall–Kier alpha value is -5.90. The summed E-state index contributed by atoms with van der Waals surface area (Å²) in [5, 5.41) is 1.32. The molecule has 1 aliphatic carbocycles. The van der Waals surface area contributed by atoms with Crippen LogP contribution in [0.5, 0.6) is 0 Å². The first-order chi connectivity index (χ1) is 23.8. The van der Waals surface area contributed by atoms with Gasteiger partial charge in [-0.2, -0.15) is 0 Å². The summed E-state index contributed by atoms with van der Waals surface area (Å²) in [6.45, 7) is 0. The number of aromatic nitrogens is 2. The summed E-state index contributed by atoms with van der Waals surface area (Å²) >= 11 is 1.89. The van der Waals surface area contributed by atoms with Gasteiger partial charge < -0.3 is 0 Å². The second-order valence-corrected chi connectivity index (χ2v) is 13.2. The van der Waals surface area contributed by atoms with Crippen molar-refractivity contribution in [2.45, 2.75) is 6.42 Å². The number of benzene rings is 6. The lowest BCUT2D eigenvalue weighted by molar-refractivity contribution is 1.18. The molecule has 0 N–H and O–H groups in total. The van der Waals surface area contributed by atoms with Crippen LogP contribution in [0.3, 0.4) is 0 Å². The van der Waals surface area contributed by atoms with Crippen molar-refractivity contribution in [2.24, 2.45) is 0 Å². The third kappa shape index (κ3) is 5.15. The molecule has 0 amide bonds. The van der Waals surface area contributed by atoms with Crippen molar-refractivity contribution in [3.63, 3.8) is 0 Å². The summed E-state index contributed by atoms with van der Waals surface area (Å²) in [7, 11) is 0. The molecule has 0 bridgehead atoms. The highest BCUT2D eigenvalue weighted by atomic mass is 32.1. The van der Waals surface area contributed by atoms with E-state index in [1.807, 2.05) is 35.6 Å². The summed E-state index contributed by atoms with van der Waals surface area (Å²) in [5.74, 6) is 0.720. The third-order valence-electron chi connectivity index (χ3n) is 9.19. The van der Waals surface area contributed by atoms with Gasteiger partial charge in [0.25, 0.3) is 0 Å². The molecular formula is C45H30N2S. The molecule has 2 nitrogen and oxygen atoms in total. The Labute approximate surface area is 284 Å². The SMILES string of the molecule is C1=C(c2ccc(-c3cc(-c4ccc(-c5ccccc5)cc4)nc(-c4ccccc4)n3)cc2)c2c(sc3ccccc23)-c2ccccc2C1. The van der Waals surface area contributed by atoms with E-state index in [-0.39, 0.29) is 0 Å². The van der Waals surface area contributed by atoms with E-state index in [0.29, 0.717) is 0 Å². The van der Waals surface area contributed by atoms with Crippen LogP contribution in [0, 0.1) is 0 Å². The lowest BCUT2D eigenvalue weighted by Gasteiger charge is -2.12. The maximum Gasteiger partial charge on any atom is 0.160 e. The van der Waals surface area contributed by atoms with Crippen LogP contribution < -0.4 is 0 Å². The quantitative estimate of drug-likeness (QED) is 0.189. The zero-order valence-corrected chi connectivity index (χ0v) is 27.0. The molecular weight excluding hydrogens is 601 g/mol. The van der Waals surface area contributed by atoms with Gasteiger partial charge in [-0.3, -0.25) is 0 Å². The summed E-state index contributed by atoms with van der Waals surface area (Å²) in [5.41, 5.74) is 13.9. The highest BCUT2D eigenvalue weighted by Gasteiger charge is 2.23. The van der Waals surface area contributed by atoms with Crippen LogP contribution >= 0.6 is 11.3 Å². The number of nitrogens with zero attached hydrogens (tertiary/aromatic N) is 2. The molecule has 0 unspecified atom stereocenters. The lowest BCUT2D eigenvalue weighted by atomic mass is 9.93. The number of hydrogen-bond donors (Lipinski definition) is 0. The second-order valence-electron chi connectivity index (χ2n) is 12.1. The molecule has 0 atom stereocenters. The van der Waals surface area contributed by atoms with Crippen molar-refractivity contribution in [3.8, 4) is 55.5 Å². The molecule has 0 spiro atoms. The van der Waals surface area contributed by atoms with Crippen molar-refractivity contribution < 1.29 is 0 Å². The summed E-state index contributed by atoms with van der Waals surface area (Å²) in [6, 6.07) is 58.1. The van der Waals surface area contributed by atoms with Crippen molar-refractivity contribution in [1.82, 2.24) is 9.97 Å². The van der Waals surface area contributed by atoms with Crippen molar-refractivity contribution in [3.05, 3.63) is 187 Å². The molecule has 0 aliphatic heterocycles. The zero-order valence-electron chi connectivity index (χ0n) is 26.2. The van der Waals surface area contributed by atoms with Gasteiger partial charge in [-0.15, -0.1) is 11.3 Å². The van der Waals surface area contributed by atoms with E-state index < -0.39 is 0 Å². The zero-order chi connectivity index (χ0) is 31.9. The Kier molecular flexibility index (Phi) is 7.10. The molecule has 6 aromatic carbocycles. The molecule has 2 aromatic heterocycles. The van der Waals surface area contributed by atoms with Crippen LogP contribution in [0.25, 0.3) is 71.1 Å². The minimum absolute atomic E-state index is 0.720. The Morgan fingerprint density at radius 2 is 1.00 bits per heavy atom. The maximum atomic E-state index is 5.09. The number of thiophene rings is 1. The standard InChI is InChI=1S/C45H30N2S/c1-3-11-30(12-4-1)31-19-23-34(24-20-31)40-29-41(47-45(46-40)36-14-5-2-6-15-36)35-25-21-33(22-26-35)37-28-27-32-13-7-8-16-38(32)44-43(37)39-17-9-10-18-42(39)48-44/h1-26,28-29H,27H2. The average molecular weight is 631 g/mol. The van der Waals surface area contributed by atoms with Crippen LogP contribution in [0.1, 0.15) is 16.7 Å². The predicted octanol–water partition coefficient (Wildman–Crippen LogP) is 12.0. The smallest absolute Gasteiger partial charge is 0.160 e. The molecule has 8 aromatic rings.